The van der Waals surface area contributed by atoms with Gasteiger partial charge in [0.05, 0.1) is 7.11 Å². The van der Waals surface area contributed by atoms with Crippen LogP contribution in [0.3, 0.4) is 0 Å². The van der Waals surface area contributed by atoms with Crippen LogP contribution < -0.4 is 20.3 Å². The summed E-state index contributed by atoms with van der Waals surface area (Å²) in [5.74, 6) is 1.76. The molecule has 2 aromatic rings. The van der Waals surface area contributed by atoms with E-state index < -0.39 is 0 Å². The number of methoxy groups -OCH3 is 1. The first-order chi connectivity index (χ1) is 13.7. The number of aromatic nitrogens is 1. The quantitative estimate of drug-likeness (QED) is 0.355. The van der Waals surface area contributed by atoms with E-state index in [9.17, 15) is 0 Å². The summed E-state index contributed by atoms with van der Waals surface area (Å²) in [7, 11) is 3.54. The molecule has 1 aliphatic rings. The minimum absolute atomic E-state index is 0. The zero-order chi connectivity index (χ0) is 19.8. The number of aryl methyl sites for hydroxylation is 1. The first kappa shape index (κ1) is 23.3. The molecule has 0 amide bonds. The van der Waals surface area contributed by atoms with Crippen LogP contribution in [-0.2, 0) is 6.42 Å². The van der Waals surface area contributed by atoms with Crippen molar-refractivity contribution in [1.82, 2.24) is 15.6 Å². The van der Waals surface area contributed by atoms with Crippen LogP contribution in [-0.4, -0.2) is 50.8 Å². The molecule has 1 aromatic carbocycles. The summed E-state index contributed by atoms with van der Waals surface area (Å²) in [5.41, 5.74) is 3.76. The number of aliphatic imine (C=N–C) groups is 1. The maximum atomic E-state index is 5.37. The summed E-state index contributed by atoms with van der Waals surface area (Å²) in [6, 6.07) is 10.7. The van der Waals surface area contributed by atoms with E-state index in [1.807, 2.05) is 31.6 Å². The predicted octanol–water partition coefficient (Wildman–Crippen LogP) is 3.39. The molecule has 0 spiro atoms. The van der Waals surface area contributed by atoms with Gasteiger partial charge in [-0.1, -0.05) is 6.07 Å². The van der Waals surface area contributed by atoms with Crippen LogP contribution in [0.4, 0.5) is 5.69 Å². The van der Waals surface area contributed by atoms with E-state index in [4.69, 9.17) is 4.74 Å². The van der Waals surface area contributed by atoms with Crippen LogP contribution in [0.5, 0.6) is 5.75 Å². The topological polar surface area (TPSA) is 61.8 Å². The van der Waals surface area contributed by atoms with Gasteiger partial charge in [-0.25, -0.2) is 0 Å². The molecule has 1 fully saturated rings. The summed E-state index contributed by atoms with van der Waals surface area (Å²) in [5, 5.41) is 7.03. The zero-order valence-electron chi connectivity index (χ0n) is 17.5. The second-order valence-electron chi connectivity index (χ2n) is 7.18. The van der Waals surface area contributed by atoms with E-state index in [1.54, 1.807) is 7.11 Å². The number of nitrogens with one attached hydrogen (secondary N) is 2. The molecule has 3 rings (SSSR count). The number of nitrogens with zero attached hydrogens (tertiary/aromatic N) is 3. The Morgan fingerprint density at radius 2 is 2.21 bits per heavy atom. The van der Waals surface area contributed by atoms with Crippen molar-refractivity contribution in [2.75, 3.05) is 38.7 Å². The van der Waals surface area contributed by atoms with Crippen LogP contribution in [0.15, 0.2) is 47.7 Å². The molecule has 2 N–H and O–H groups in total. The van der Waals surface area contributed by atoms with E-state index in [1.165, 1.54) is 16.8 Å². The lowest BCUT2D eigenvalue weighted by Gasteiger charge is -2.35. The van der Waals surface area contributed by atoms with E-state index in [-0.39, 0.29) is 24.0 Å². The van der Waals surface area contributed by atoms with Gasteiger partial charge in [0.25, 0.3) is 0 Å². The highest BCUT2D eigenvalue weighted by molar-refractivity contribution is 14.0. The second kappa shape index (κ2) is 11.8. The second-order valence-corrected chi connectivity index (χ2v) is 7.18. The van der Waals surface area contributed by atoms with Gasteiger partial charge in [-0.15, -0.1) is 24.0 Å². The molecule has 1 atom stereocenters. The normalized spacial score (nSPS) is 16.7. The van der Waals surface area contributed by atoms with Crippen molar-refractivity contribution >= 4 is 35.6 Å². The van der Waals surface area contributed by atoms with Gasteiger partial charge in [0, 0.05) is 56.9 Å². The van der Waals surface area contributed by atoms with Crippen molar-refractivity contribution in [3.8, 4) is 5.75 Å². The van der Waals surface area contributed by atoms with Crippen molar-refractivity contribution in [2.45, 2.75) is 32.2 Å². The number of piperidine rings is 1. The molecule has 7 heteroatoms. The molecule has 1 aromatic heterocycles. The van der Waals surface area contributed by atoms with Gasteiger partial charge in [0.1, 0.15) is 5.75 Å². The minimum Gasteiger partial charge on any atom is -0.497 e. The predicted molar refractivity (Wildman–Crippen MR) is 131 cm³/mol. The van der Waals surface area contributed by atoms with Crippen LogP contribution in [0, 0.1) is 6.92 Å². The monoisotopic (exact) mass is 509 g/mol. The Hall–Kier alpha value is -2.03. The molecule has 1 saturated heterocycles. The number of pyridine rings is 1. The Bertz CT molecular complexity index is 798. The molecule has 0 aliphatic carbocycles. The van der Waals surface area contributed by atoms with Crippen molar-refractivity contribution in [1.29, 1.82) is 0 Å². The molecular formula is C22H32IN5O. The highest BCUT2D eigenvalue weighted by atomic mass is 127. The number of anilines is 1. The van der Waals surface area contributed by atoms with Crippen LogP contribution >= 0.6 is 24.0 Å². The third-order valence-electron chi connectivity index (χ3n) is 5.23. The molecule has 0 saturated carbocycles. The van der Waals surface area contributed by atoms with Gasteiger partial charge in [-0.3, -0.25) is 9.98 Å². The van der Waals surface area contributed by atoms with Crippen molar-refractivity contribution in [3.05, 3.63) is 53.9 Å². The first-order valence-electron chi connectivity index (χ1n) is 9.95. The van der Waals surface area contributed by atoms with Crippen LogP contribution in [0.25, 0.3) is 0 Å². The summed E-state index contributed by atoms with van der Waals surface area (Å²) >= 11 is 0. The van der Waals surface area contributed by atoms with Crippen molar-refractivity contribution in [2.24, 2.45) is 4.99 Å². The Kier molecular flexibility index (Phi) is 9.50. The number of benzene rings is 1. The van der Waals surface area contributed by atoms with E-state index in [0.717, 1.165) is 50.6 Å². The highest BCUT2D eigenvalue weighted by Gasteiger charge is 2.21. The molecule has 29 heavy (non-hydrogen) atoms. The SMILES string of the molecule is CN=C(NCCc1ccncc1C)NC1CCCN(c2cccc(OC)c2)C1.I. The Morgan fingerprint density at radius 3 is 2.97 bits per heavy atom. The van der Waals surface area contributed by atoms with Gasteiger partial charge >= 0.3 is 0 Å². The zero-order valence-corrected chi connectivity index (χ0v) is 19.8. The smallest absolute Gasteiger partial charge is 0.191 e. The Balaban J connectivity index is 0.00000300. The van der Waals surface area contributed by atoms with E-state index in [0.29, 0.717) is 6.04 Å². The number of rotatable bonds is 6. The number of ether oxygens (including phenoxy) is 1. The molecule has 1 aliphatic heterocycles. The standard InChI is InChI=1S/C22H31N5O.HI/c1-17-15-24-11-9-18(17)10-12-25-22(23-2)26-19-6-5-13-27(16-19)20-7-4-8-21(14-20)28-3;/h4,7-9,11,14-15,19H,5-6,10,12-13,16H2,1-3H3,(H2,23,25,26);1H. The molecule has 2 heterocycles. The average Bonchev–Trinajstić information content (AvgIpc) is 2.74. The van der Waals surface area contributed by atoms with E-state index in [2.05, 4.69) is 50.6 Å². The molecule has 6 nitrogen and oxygen atoms in total. The minimum atomic E-state index is 0. The maximum absolute atomic E-state index is 5.37. The summed E-state index contributed by atoms with van der Waals surface area (Å²) in [4.78, 5) is 11.0. The van der Waals surface area contributed by atoms with Gasteiger partial charge in [0.2, 0.25) is 0 Å². The lowest BCUT2D eigenvalue weighted by Crippen LogP contribution is -2.51. The largest absolute Gasteiger partial charge is 0.497 e. The lowest BCUT2D eigenvalue weighted by molar-refractivity contribution is 0.414. The van der Waals surface area contributed by atoms with Crippen molar-refractivity contribution < 1.29 is 4.74 Å². The highest BCUT2D eigenvalue weighted by Crippen LogP contribution is 2.24. The van der Waals surface area contributed by atoms with Gasteiger partial charge < -0.3 is 20.3 Å². The third kappa shape index (κ3) is 6.76. The third-order valence-corrected chi connectivity index (χ3v) is 5.23. The van der Waals surface area contributed by atoms with E-state index >= 15 is 0 Å². The van der Waals surface area contributed by atoms with Gasteiger partial charge in [-0.2, -0.15) is 0 Å². The summed E-state index contributed by atoms with van der Waals surface area (Å²) in [6.07, 6.45) is 7.02. The molecular weight excluding hydrogens is 477 g/mol. The fourth-order valence-electron chi connectivity index (χ4n) is 3.62. The van der Waals surface area contributed by atoms with Crippen LogP contribution in [0.1, 0.15) is 24.0 Å². The summed E-state index contributed by atoms with van der Waals surface area (Å²) in [6.45, 7) is 4.97. The van der Waals surface area contributed by atoms with Gasteiger partial charge in [-0.05, 0) is 55.5 Å². The molecule has 1 unspecified atom stereocenters. The summed E-state index contributed by atoms with van der Waals surface area (Å²) < 4.78 is 5.37. The average molecular weight is 509 g/mol. The Morgan fingerprint density at radius 1 is 1.34 bits per heavy atom. The molecule has 158 valence electrons. The van der Waals surface area contributed by atoms with Crippen LogP contribution in [0.2, 0.25) is 0 Å². The Labute approximate surface area is 191 Å². The lowest BCUT2D eigenvalue weighted by atomic mass is 10.0. The first-order valence-corrected chi connectivity index (χ1v) is 9.95. The molecule has 0 radical (unpaired) electrons. The number of hydrogen-bond acceptors (Lipinski definition) is 4. The fraction of sp³-hybridized carbons (Fsp3) is 0.455. The number of halogens is 1. The number of hydrogen-bond donors (Lipinski definition) is 2. The van der Waals surface area contributed by atoms with Gasteiger partial charge in [0.15, 0.2) is 5.96 Å². The fourth-order valence-corrected chi connectivity index (χ4v) is 3.62. The number of guanidine groups is 1. The molecule has 0 bridgehead atoms. The maximum Gasteiger partial charge on any atom is 0.191 e. The van der Waals surface area contributed by atoms with Crippen molar-refractivity contribution in [3.63, 3.8) is 0 Å².